The van der Waals surface area contributed by atoms with E-state index < -0.39 is 5.97 Å². The molecule has 0 atom stereocenters. The maximum atomic E-state index is 12.8. The van der Waals surface area contributed by atoms with Crippen LogP contribution in [0.4, 0.5) is 5.69 Å². The second-order valence-electron chi connectivity index (χ2n) is 6.05. The van der Waals surface area contributed by atoms with Crippen LogP contribution in [0.5, 0.6) is 0 Å². The maximum Gasteiger partial charge on any atom is 0.340 e. The number of fused-ring (bicyclic) bond motifs is 2. The summed E-state index contributed by atoms with van der Waals surface area (Å²) in [5.74, 6) is -1.35. The van der Waals surface area contributed by atoms with Crippen molar-refractivity contribution in [2.75, 3.05) is 5.73 Å². The highest BCUT2D eigenvalue weighted by Gasteiger charge is 2.33. The number of pyridine rings is 1. The van der Waals surface area contributed by atoms with Gasteiger partial charge < -0.3 is 10.5 Å². The van der Waals surface area contributed by atoms with Crippen molar-refractivity contribution in [2.24, 2.45) is 0 Å². The molecule has 0 unspecified atom stereocenters. The molecule has 6 heteroatoms. The molecular weight excluding hydrogens is 344 g/mol. The lowest BCUT2D eigenvalue weighted by atomic mass is 9.82. The van der Waals surface area contributed by atoms with E-state index in [4.69, 9.17) is 10.5 Å². The van der Waals surface area contributed by atoms with Crippen LogP contribution in [0.15, 0.2) is 60.8 Å². The van der Waals surface area contributed by atoms with Gasteiger partial charge in [-0.2, -0.15) is 0 Å². The number of ether oxygens (including phenoxy) is 1. The first-order valence-corrected chi connectivity index (χ1v) is 8.26. The fourth-order valence-corrected chi connectivity index (χ4v) is 3.09. The fraction of sp³-hybridized carbons (Fsp3) is 0.0476. The number of rotatable bonds is 3. The Balaban J connectivity index is 1.68. The Morgan fingerprint density at radius 2 is 1.59 bits per heavy atom. The van der Waals surface area contributed by atoms with Crippen LogP contribution >= 0.6 is 0 Å². The van der Waals surface area contributed by atoms with Gasteiger partial charge in [0.2, 0.25) is 0 Å². The number of hydrogen-bond acceptors (Lipinski definition) is 6. The molecular formula is C21H14N2O4. The zero-order valence-electron chi connectivity index (χ0n) is 14.1. The van der Waals surface area contributed by atoms with E-state index in [0.717, 1.165) is 0 Å². The van der Waals surface area contributed by atoms with Crippen LogP contribution in [0, 0.1) is 0 Å². The third-order valence-electron chi connectivity index (χ3n) is 4.43. The molecule has 0 spiro atoms. The van der Waals surface area contributed by atoms with E-state index in [1.807, 2.05) is 0 Å². The molecule has 0 saturated heterocycles. The van der Waals surface area contributed by atoms with Crippen LogP contribution in [-0.2, 0) is 11.3 Å². The van der Waals surface area contributed by atoms with Gasteiger partial charge in [0.25, 0.3) is 0 Å². The highest BCUT2D eigenvalue weighted by atomic mass is 16.5. The van der Waals surface area contributed by atoms with Crippen LogP contribution in [-0.4, -0.2) is 22.5 Å². The molecule has 1 aliphatic rings. The molecule has 1 heterocycles. The van der Waals surface area contributed by atoms with Gasteiger partial charge in [-0.05, 0) is 24.3 Å². The average molecular weight is 358 g/mol. The Hall–Kier alpha value is -3.80. The van der Waals surface area contributed by atoms with Gasteiger partial charge in [0.1, 0.15) is 6.61 Å². The van der Waals surface area contributed by atoms with Gasteiger partial charge in [0.15, 0.2) is 11.6 Å². The van der Waals surface area contributed by atoms with Gasteiger partial charge in [-0.1, -0.05) is 30.3 Å². The van der Waals surface area contributed by atoms with Crippen molar-refractivity contribution in [3.05, 3.63) is 94.3 Å². The zero-order chi connectivity index (χ0) is 19.0. The predicted molar refractivity (Wildman–Crippen MR) is 97.5 cm³/mol. The number of nitrogens with two attached hydrogens (primary N) is 1. The molecule has 132 valence electrons. The van der Waals surface area contributed by atoms with Crippen molar-refractivity contribution >= 4 is 23.2 Å². The monoisotopic (exact) mass is 358 g/mol. The Bertz CT molecular complexity index is 1090. The SMILES string of the molecule is Nc1c(C(=O)OCc2ccccn2)ccc2c1C(=O)c1ccccc1C2=O. The highest BCUT2D eigenvalue weighted by Crippen LogP contribution is 2.32. The molecule has 0 bridgehead atoms. The summed E-state index contributed by atoms with van der Waals surface area (Å²) in [5, 5.41) is 0. The summed E-state index contributed by atoms with van der Waals surface area (Å²) < 4.78 is 5.24. The molecule has 0 amide bonds. The topological polar surface area (TPSA) is 99.3 Å². The summed E-state index contributed by atoms with van der Waals surface area (Å²) in [6, 6.07) is 14.7. The van der Waals surface area contributed by atoms with Crippen LogP contribution in [0.1, 0.15) is 47.9 Å². The predicted octanol–water partition coefficient (Wildman–Crippen LogP) is 2.80. The molecule has 0 saturated carbocycles. The van der Waals surface area contributed by atoms with Gasteiger partial charge in [0, 0.05) is 22.9 Å². The van der Waals surface area contributed by atoms with Crippen LogP contribution in [0.3, 0.4) is 0 Å². The first-order chi connectivity index (χ1) is 13.1. The zero-order valence-corrected chi connectivity index (χ0v) is 14.1. The summed E-state index contributed by atoms with van der Waals surface area (Å²) in [6.45, 7) is -0.0219. The number of aromatic nitrogens is 1. The molecule has 6 nitrogen and oxygen atoms in total. The molecule has 4 rings (SSSR count). The van der Waals surface area contributed by atoms with E-state index in [-0.39, 0.29) is 46.1 Å². The van der Waals surface area contributed by atoms with E-state index in [1.165, 1.54) is 12.1 Å². The number of carbonyl (C=O) groups excluding carboxylic acids is 3. The third-order valence-corrected chi connectivity index (χ3v) is 4.43. The smallest absolute Gasteiger partial charge is 0.340 e. The molecule has 0 aliphatic heterocycles. The number of carbonyl (C=O) groups is 3. The van der Waals surface area contributed by atoms with Crippen molar-refractivity contribution in [1.29, 1.82) is 0 Å². The lowest BCUT2D eigenvalue weighted by molar-refractivity contribution is 0.0468. The van der Waals surface area contributed by atoms with Crippen molar-refractivity contribution < 1.29 is 19.1 Å². The first kappa shape index (κ1) is 16.7. The van der Waals surface area contributed by atoms with Crippen molar-refractivity contribution in [3.63, 3.8) is 0 Å². The van der Waals surface area contributed by atoms with Gasteiger partial charge in [0.05, 0.1) is 22.5 Å². The molecule has 1 aliphatic carbocycles. The quantitative estimate of drug-likeness (QED) is 0.446. The molecule has 3 aromatic rings. The van der Waals surface area contributed by atoms with Crippen molar-refractivity contribution in [3.8, 4) is 0 Å². The van der Waals surface area contributed by atoms with Gasteiger partial charge in [-0.3, -0.25) is 14.6 Å². The van der Waals surface area contributed by atoms with E-state index in [0.29, 0.717) is 11.3 Å². The second kappa shape index (κ2) is 6.49. The number of ketones is 2. The van der Waals surface area contributed by atoms with Crippen LogP contribution in [0.2, 0.25) is 0 Å². The fourth-order valence-electron chi connectivity index (χ4n) is 3.09. The summed E-state index contributed by atoms with van der Waals surface area (Å²) in [6.07, 6.45) is 1.60. The highest BCUT2D eigenvalue weighted by molar-refractivity contribution is 6.30. The summed E-state index contributed by atoms with van der Waals surface area (Å²) in [4.78, 5) is 42.0. The number of benzene rings is 2. The van der Waals surface area contributed by atoms with E-state index in [1.54, 1.807) is 48.7 Å². The molecule has 2 N–H and O–H groups in total. The van der Waals surface area contributed by atoms with Gasteiger partial charge in [-0.25, -0.2) is 4.79 Å². The summed E-state index contributed by atoms with van der Waals surface area (Å²) in [5.41, 5.74) is 7.53. The molecule has 27 heavy (non-hydrogen) atoms. The number of nitrogens with zero attached hydrogens (tertiary/aromatic N) is 1. The number of nitrogen functional groups attached to an aromatic ring is 1. The minimum atomic E-state index is -0.680. The van der Waals surface area contributed by atoms with Crippen LogP contribution in [0.25, 0.3) is 0 Å². The molecule has 0 radical (unpaired) electrons. The van der Waals surface area contributed by atoms with Crippen molar-refractivity contribution in [1.82, 2.24) is 4.98 Å². The van der Waals surface area contributed by atoms with E-state index in [2.05, 4.69) is 4.98 Å². The third kappa shape index (κ3) is 2.77. The van der Waals surface area contributed by atoms with Gasteiger partial charge >= 0.3 is 5.97 Å². The second-order valence-corrected chi connectivity index (χ2v) is 6.05. The Morgan fingerprint density at radius 3 is 2.30 bits per heavy atom. The Labute approximate surface area is 154 Å². The largest absolute Gasteiger partial charge is 0.456 e. The van der Waals surface area contributed by atoms with Crippen molar-refractivity contribution in [2.45, 2.75) is 6.61 Å². The van der Waals surface area contributed by atoms with Crippen LogP contribution < -0.4 is 5.73 Å². The normalized spacial score (nSPS) is 12.3. The Morgan fingerprint density at radius 1 is 0.889 bits per heavy atom. The average Bonchev–Trinajstić information content (AvgIpc) is 2.71. The van der Waals surface area contributed by atoms with E-state index in [9.17, 15) is 14.4 Å². The van der Waals surface area contributed by atoms with Gasteiger partial charge in [-0.15, -0.1) is 0 Å². The minimum absolute atomic E-state index is 0.0219. The summed E-state index contributed by atoms with van der Waals surface area (Å²) in [7, 11) is 0. The number of hydrogen-bond donors (Lipinski definition) is 1. The molecule has 1 aromatic heterocycles. The maximum absolute atomic E-state index is 12.8. The van der Waals surface area contributed by atoms with E-state index >= 15 is 0 Å². The minimum Gasteiger partial charge on any atom is -0.456 e. The number of esters is 1. The lowest BCUT2D eigenvalue weighted by Crippen LogP contribution is -2.24. The number of anilines is 1. The Kier molecular flexibility index (Phi) is 4.01. The first-order valence-electron chi connectivity index (χ1n) is 8.26. The standard InChI is InChI=1S/C21H14N2O4/c22-18-16(21(26)27-11-12-5-3-4-10-23-12)9-8-15-17(18)20(25)14-7-2-1-6-13(14)19(15)24/h1-10H,11,22H2. The molecule has 2 aromatic carbocycles. The lowest BCUT2D eigenvalue weighted by Gasteiger charge is -2.20. The molecule has 0 fully saturated rings. The summed E-state index contributed by atoms with van der Waals surface area (Å²) >= 11 is 0.